The summed E-state index contributed by atoms with van der Waals surface area (Å²) in [6.45, 7) is 6.08. The third-order valence-corrected chi connectivity index (χ3v) is 4.51. The minimum atomic E-state index is 0.0601. The highest BCUT2D eigenvalue weighted by Crippen LogP contribution is 2.29. The number of hydrogen-bond acceptors (Lipinski definition) is 4. The standard InChI is InChI=1S/C17H22N2OS/c1-11-9-19-16(12(2)17(11)20-4)10-21-15-7-5-6-14(8-15)13(3)18/h5-9,13H,10,18H2,1-4H3. The van der Waals surface area contributed by atoms with Crippen molar-refractivity contribution in [2.75, 3.05) is 7.11 Å². The van der Waals surface area contributed by atoms with E-state index in [1.54, 1.807) is 18.9 Å². The molecule has 3 nitrogen and oxygen atoms in total. The summed E-state index contributed by atoms with van der Waals surface area (Å²) in [7, 11) is 1.71. The SMILES string of the molecule is COc1c(C)cnc(CSc2cccc(C(C)N)c2)c1C. The van der Waals surface area contributed by atoms with Gasteiger partial charge in [-0.05, 0) is 38.5 Å². The van der Waals surface area contributed by atoms with Crippen molar-refractivity contribution in [2.24, 2.45) is 5.73 Å². The smallest absolute Gasteiger partial charge is 0.128 e. The van der Waals surface area contributed by atoms with Crippen molar-refractivity contribution in [1.82, 2.24) is 4.98 Å². The van der Waals surface area contributed by atoms with Gasteiger partial charge in [0.15, 0.2) is 0 Å². The van der Waals surface area contributed by atoms with Crippen molar-refractivity contribution in [3.63, 3.8) is 0 Å². The van der Waals surface area contributed by atoms with Crippen molar-refractivity contribution in [3.05, 3.63) is 52.8 Å². The van der Waals surface area contributed by atoms with Crippen LogP contribution in [0.25, 0.3) is 0 Å². The van der Waals surface area contributed by atoms with Crippen LogP contribution >= 0.6 is 11.8 Å². The van der Waals surface area contributed by atoms with Crippen molar-refractivity contribution < 1.29 is 4.74 Å². The van der Waals surface area contributed by atoms with Crippen LogP contribution in [0.1, 0.15) is 35.3 Å². The zero-order valence-corrected chi connectivity index (χ0v) is 13.8. The summed E-state index contributed by atoms with van der Waals surface area (Å²) in [5.41, 5.74) is 10.3. The van der Waals surface area contributed by atoms with E-state index >= 15 is 0 Å². The molecule has 0 bridgehead atoms. The van der Waals surface area contributed by atoms with Gasteiger partial charge in [-0.1, -0.05) is 12.1 Å². The highest BCUT2D eigenvalue weighted by Gasteiger charge is 2.10. The molecule has 0 fully saturated rings. The lowest BCUT2D eigenvalue weighted by Crippen LogP contribution is -2.04. The molecule has 1 aromatic heterocycles. The van der Waals surface area contributed by atoms with E-state index < -0.39 is 0 Å². The van der Waals surface area contributed by atoms with E-state index in [1.165, 1.54) is 4.90 Å². The fourth-order valence-corrected chi connectivity index (χ4v) is 3.24. The van der Waals surface area contributed by atoms with E-state index in [0.717, 1.165) is 33.9 Å². The summed E-state index contributed by atoms with van der Waals surface area (Å²) in [5.74, 6) is 1.76. The Morgan fingerprint density at radius 1 is 1.33 bits per heavy atom. The molecule has 1 atom stereocenters. The molecule has 0 saturated heterocycles. The summed E-state index contributed by atoms with van der Waals surface area (Å²) in [6, 6.07) is 8.43. The Morgan fingerprint density at radius 2 is 2.10 bits per heavy atom. The largest absolute Gasteiger partial charge is 0.496 e. The van der Waals surface area contributed by atoms with Crippen LogP contribution in [-0.2, 0) is 5.75 Å². The molecule has 112 valence electrons. The number of nitrogens with zero attached hydrogens (tertiary/aromatic N) is 1. The quantitative estimate of drug-likeness (QED) is 0.848. The fourth-order valence-electron chi connectivity index (χ4n) is 2.26. The second-order valence-corrected chi connectivity index (χ2v) is 6.24. The van der Waals surface area contributed by atoms with Crippen LogP contribution < -0.4 is 10.5 Å². The van der Waals surface area contributed by atoms with Gasteiger partial charge >= 0.3 is 0 Å². The molecule has 0 aliphatic heterocycles. The van der Waals surface area contributed by atoms with Gasteiger partial charge in [0, 0.05) is 34.0 Å². The van der Waals surface area contributed by atoms with Crippen LogP contribution in [0.15, 0.2) is 35.4 Å². The monoisotopic (exact) mass is 302 g/mol. The first kappa shape index (κ1) is 15.9. The summed E-state index contributed by atoms with van der Waals surface area (Å²) >= 11 is 1.77. The molecule has 0 aliphatic carbocycles. The molecule has 4 heteroatoms. The van der Waals surface area contributed by atoms with E-state index in [4.69, 9.17) is 10.5 Å². The summed E-state index contributed by atoms with van der Waals surface area (Å²) in [6.07, 6.45) is 1.88. The number of nitrogens with two attached hydrogens (primary N) is 1. The van der Waals surface area contributed by atoms with E-state index in [0.29, 0.717) is 0 Å². The van der Waals surface area contributed by atoms with Gasteiger partial charge < -0.3 is 10.5 Å². The molecule has 0 amide bonds. The number of hydrogen-bond donors (Lipinski definition) is 1. The Bertz CT molecular complexity index is 626. The lowest BCUT2D eigenvalue weighted by atomic mass is 10.1. The molecular weight excluding hydrogens is 280 g/mol. The molecule has 1 aromatic carbocycles. The third kappa shape index (κ3) is 3.77. The summed E-state index contributed by atoms with van der Waals surface area (Å²) < 4.78 is 5.45. The van der Waals surface area contributed by atoms with E-state index in [9.17, 15) is 0 Å². The average Bonchev–Trinajstić information content (AvgIpc) is 2.47. The Hall–Kier alpha value is -1.52. The molecule has 2 aromatic rings. The van der Waals surface area contributed by atoms with Crippen LogP contribution in [0.3, 0.4) is 0 Å². The van der Waals surface area contributed by atoms with Crippen molar-refractivity contribution in [2.45, 2.75) is 37.5 Å². The van der Waals surface area contributed by atoms with Crippen LogP contribution in [0.2, 0.25) is 0 Å². The second kappa shape index (κ2) is 6.96. The second-order valence-electron chi connectivity index (χ2n) is 5.20. The Balaban J connectivity index is 2.15. The maximum Gasteiger partial charge on any atom is 0.128 e. The maximum atomic E-state index is 5.93. The molecule has 1 heterocycles. The molecule has 1 unspecified atom stereocenters. The number of aromatic nitrogens is 1. The molecule has 0 radical (unpaired) electrons. The Kier molecular flexibility index (Phi) is 5.26. The molecule has 21 heavy (non-hydrogen) atoms. The molecule has 2 rings (SSSR count). The summed E-state index contributed by atoms with van der Waals surface area (Å²) in [4.78, 5) is 5.75. The van der Waals surface area contributed by atoms with Crippen molar-refractivity contribution in [3.8, 4) is 5.75 Å². The van der Waals surface area contributed by atoms with E-state index in [1.807, 2.05) is 20.0 Å². The number of aryl methyl sites for hydroxylation is 1. The zero-order chi connectivity index (χ0) is 15.4. The topological polar surface area (TPSA) is 48.1 Å². The number of rotatable bonds is 5. The summed E-state index contributed by atoms with van der Waals surface area (Å²) in [5, 5.41) is 0. The fraction of sp³-hybridized carbons (Fsp3) is 0.353. The molecular formula is C17H22N2OS. The Labute approximate surface area is 130 Å². The molecule has 0 spiro atoms. The van der Waals surface area contributed by atoms with Gasteiger partial charge in [0.25, 0.3) is 0 Å². The molecule has 0 saturated carbocycles. The van der Waals surface area contributed by atoms with Gasteiger partial charge in [-0.15, -0.1) is 11.8 Å². The predicted molar refractivity (Wildman–Crippen MR) is 88.9 cm³/mol. The highest BCUT2D eigenvalue weighted by atomic mass is 32.2. The normalized spacial score (nSPS) is 12.2. The maximum absolute atomic E-state index is 5.93. The van der Waals surface area contributed by atoms with Gasteiger partial charge in [-0.25, -0.2) is 0 Å². The van der Waals surface area contributed by atoms with Gasteiger partial charge in [0.1, 0.15) is 5.75 Å². The predicted octanol–water partition coefficient (Wildman–Crippen LogP) is 4.02. The van der Waals surface area contributed by atoms with Gasteiger partial charge in [-0.3, -0.25) is 4.98 Å². The van der Waals surface area contributed by atoms with Crippen molar-refractivity contribution in [1.29, 1.82) is 0 Å². The van der Waals surface area contributed by atoms with E-state index in [2.05, 4.69) is 36.2 Å². The first-order valence-corrected chi connectivity index (χ1v) is 7.99. The van der Waals surface area contributed by atoms with Crippen molar-refractivity contribution >= 4 is 11.8 Å². The zero-order valence-electron chi connectivity index (χ0n) is 13.0. The minimum Gasteiger partial charge on any atom is -0.496 e. The number of thioether (sulfide) groups is 1. The first-order valence-electron chi connectivity index (χ1n) is 7.00. The number of methoxy groups -OCH3 is 1. The Morgan fingerprint density at radius 3 is 2.76 bits per heavy atom. The van der Waals surface area contributed by atoms with Gasteiger partial charge in [0.05, 0.1) is 12.8 Å². The lowest BCUT2D eigenvalue weighted by Gasteiger charge is -2.12. The molecule has 2 N–H and O–H groups in total. The minimum absolute atomic E-state index is 0.0601. The van der Waals surface area contributed by atoms with Crippen LogP contribution in [-0.4, -0.2) is 12.1 Å². The van der Waals surface area contributed by atoms with Crippen LogP contribution in [0, 0.1) is 13.8 Å². The average molecular weight is 302 g/mol. The lowest BCUT2D eigenvalue weighted by molar-refractivity contribution is 0.407. The number of pyridine rings is 1. The first-order chi connectivity index (χ1) is 10.0. The van der Waals surface area contributed by atoms with Crippen LogP contribution in [0.4, 0.5) is 0 Å². The van der Waals surface area contributed by atoms with Gasteiger partial charge in [-0.2, -0.15) is 0 Å². The van der Waals surface area contributed by atoms with E-state index in [-0.39, 0.29) is 6.04 Å². The highest BCUT2D eigenvalue weighted by molar-refractivity contribution is 7.98. The number of ether oxygens (including phenoxy) is 1. The van der Waals surface area contributed by atoms with Gasteiger partial charge in [0.2, 0.25) is 0 Å². The van der Waals surface area contributed by atoms with Crippen LogP contribution in [0.5, 0.6) is 5.75 Å². The molecule has 0 aliphatic rings. The number of benzene rings is 1. The third-order valence-electron chi connectivity index (χ3n) is 3.51.